The van der Waals surface area contributed by atoms with E-state index < -0.39 is 17.0 Å². The summed E-state index contributed by atoms with van der Waals surface area (Å²) in [6, 6.07) is 39.2. The monoisotopic (exact) mass is 1440 g/mol. The Hall–Kier alpha value is -8.89. The van der Waals surface area contributed by atoms with Gasteiger partial charge in [-0.1, -0.05) is 164 Å². The number of rotatable bonds is 16. The van der Waals surface area contributed by atoms with Gasteiger partial charge in [0.25, 0.3) is 0 Å². The van der Waals surface area contributed by atoms with E-state index in [1.807, 2.05) is 36.4 Å². The molecule has 0 spiro atoms. The van der Waals surface area contributed by atoms with Crippen LogP contribution in [0.25, 0.3) is 16.7 Å². The SMILES string of the molecule is C=CC1=CC=C(OC2C=CC(C3(C4C=CC(F)=CC4)c4ccccc4-c4ccc(N(C5=CCC(F)C=C5)C5=CC6CC7C(CC6C=C5)SC5CC6C=CC(N(c8ccc(F)cc8)C8C=CC9=C(C8)C(c8ccc(F)cc8)(C8C=CC(OC%10CCC(C=C)CC%10)CC8)c8ccccc89)=CC6CC57)cc43)=CC2)CC1. The van der Waals surface area contributed by atoms with E-state index in [1.165, 1.54) is 55.7 Å². The second kappa shape index (κ2) is 28.3. The highest BCUT2D eigenvalue weighted by Gasteiger charge is 2.56. The lowest BCUT2D eigenvalue weighted by Gasteiger charge is -2.46. The molecule has 0 aromatic heterocycles. The van der Waals surface area contributed by atoms with Crippen LogP contribution >= 0.6 is 11.8 Å². The summed E-state index contributed by atoms with van der Waals surface area (Å²) >= 11 is 2.28. The van der Waals surface area contributed by atoms with Crippen molar-refractivity contribution in [2.75, 3.05) is 9.80 Å². The van der Waals surface area contributed by atoms with Crippen molar-refractivity contribution >= 4 is 28.7 Å². The molecule has 16 unspecified atom stereocenters. The van der Waals surface area contributed by atoms with E-state index >= 15 is 17.6 Å². The van der Waals surface area contributed by atoms with E-state index in [-0.39, 0.29) is 53.7 Å². The Morgan fingerprint density at radius 1 is 0.523 bits per heavy atom. The van der Waals surface area contributed by atoms with Crippen molar-refractivity contribution in [3.63, 3.8) is 0 Å². The van der Waals surface area contributed by atoms with E-state index in [0.29, 0.717) is 71.2 Å². The van der Waals surface area contributed by atoms with Gasteiger partial charge in [0.1, 0.15) is 29.7 Å². The number of thioether (sulfide) groups is 1. The van der Waals surface area contributed by atoms with E-state index in [4.69, 9.17) is 9.47 Å². The fourth-order valence-corrected chi connectivity index (χ4v) is 24.3. The first-order valence-electron chi connectivity index (χ1n) is 39.9. The van der Waals surface area contributed by atoms with E-state index in [1.54, 1.807) is 42.5 Å². The highest BCUT2D eigenvalue weighted by molar-refractivity contribution is 8.00. The van der Waals surface area contributed by atoms with Gasteiger partial charge in [-0.25, -0.2) is 17.6 Å². The molecule has 5 aromatic carbocycles. The fourth-order valence-electron chi connectivity index (χ4n) is 22.2. The number of ether oxygens (including phenoxy) is 2. The highest BCUT2D eigenvalue weighted by Crippen LogP contribution is 2.64. The third-order valence-electron chi connectivity index (χ3n) is 27.2. The van der Waals surface area contributed by atoms with Gasteiger partial charge in [0, 0.05) is 63.6 Å². The first kappa shape index (κ1) is 68.6. The number of hydrogen-bond donors (Lipinski definition) is 0. The van der Waals surface area contributed by atoms with Crippen molar-refractivity contribution in [1.29, 1.82) is 0 Å². The first-order valence-corrected chi connectivity index (χ1v) is 40.8. The molecule has 1 aliphatic heterocycles. The number of benzene rings is 5. The summed E-state index contributed by atoms with van der Waals surface area (Å²) in [5.74, 6) is 3.45. The van der Waals surface area contributed by atoms with Crippen LogP contribution in [0.4, 0.5) is 28.9 Å². The maximum atomic E-state index is 15.4. The quantitative estimate of drug-likeness (QED) is 0.0724. The van der Waals surface area contributed by atoms with E-state index in [0.717, 1.165) is 123 Å². The predicted molar refractivity (Wildman–Crippen MR) is 429 cm³/mol. The second-order valence-corrected chi connectivity index (χ2v) is 34.2. The summed E-state index contributed by atoms with van der Waals surface area (Å²) in [7, 11) is 0. The van der Waals surface area contributed by atoms with Crippen LogP contribution in [0.1, 0.15) is 131 Å². The minimum atomic E-state index is -1.05. The average molecular weight is 1440 g/mol. The summed E-state index contributed by atoms with van der Waals surface area (Å²) in [6.07, 6.45) is 64.8. The fraction of sp³-hybridized carbons (Fsp3) is 0.347. The van der Waals surface area contributed by atoms with Gasteiger partial charge < -0.3 is 19.3 Å². The zero-order chi connectivity index (χ0) is 72.1. The van der Waals surface area contributed by atoms with Crippen LogP contribution in [0.15, 0.2) is 314 Å². The zero-order valence-corrected chi connectivity index (χ0v) is 61.7. The van der Waals surface area contributed by atoms with Gasteiger partial charge in [-0.3, -0.25) is 0 Å². The molecule has 4 fully saturated rings. The first-order chi connectivity index (χ1) is 52.5. The lowest BCUT2D eigenvalue weighted by Crippen LogP contribution is -2.43. The third kappa shape index (κ3) is 12.1. The van der Waals surface area contributed by atoms with Crippen molar-refractivity contribution in [1.82, 2.24) is 0 Å². The van der Waals surface area contributed by atoms with Gasteiger partial charge in [0.2, 0.25) is 0 Å². The van der Waals surface area contributed by atoms with Crippen molar-refractivity contribution in [3.05, 3.63) is 353 Å². The maximum absolute atomic E-state index is 15.4. The molecule has 0 amide bonds. The summed E-state index contributed by atoms with van der Waals surface area (Å²) in [5, 5.41) is 1.15. The Labute approximate surface area is 633 Å². The molecule has 5 aromatic rings. The predicted octanol–water partition coefficient (Wildman–Crippen LogP) is 24.1. The van der Waals surface area contributed by atoms with Crippen LogP contribution in [0.5, 0.6) is 0 Å². The molecule has 0 radical (unpaired) electrons. The smallest absolute Gasteiger partial charge is 0.123 e. The number of hydrogen-bond acceptors (Lipinski definition) is 5. The second-order valence-electron chi connectivity index (χ2n) is 32.7. The molecular formula is C98H94F4N2O2S. The normalized spacial score (nSPS) is 33.8. The molecule has 9 heteroatoms. The molecule has 107 heavy (non-hydrogen) atoms. The molecule has 16 atom stereocenters. The molecule has 3 saturated carbocycles. The molecule has 0 bridgehead atoms. The number of alkyl halides is 1. The molecule has 1 saturated heterocycles. The zero-order valence-electron chi connectivity index (χ0n) is 60.8. The van der Waals surface area contributed by atoms with E-state index in [9.17, 15) is 0 Å². The van der Waals surface area contributed by atoms with Crippen molar-refractivity contribution in [2.24, 2.45) is 53.3 Å². The largest absolute Gasteiger partial charge is 0.490 e. The average Bonchev–Trinajstić information content (AvgIpc) is 1.55. The Kier molecular flexibility index (Phi) is 18.1. The van der Waals surface area contributed by atoms with Gasteiger partial charge in [-0.05, 0) is 295 Å². The Morgan fingerprint density at radius 2 is 1.22 bits per heavy atom. The minimum absolute atomic E-state index is 0.0470. The molecular weight excluding hydrogens is 1350 g/mol. The molecule has 19 rings (SSSR count). The Bertz CT molecular complexity index is 4880. The minimum Gasteiger partial charge on any atom is -0.490 e. The Morgan fingerprint density at radius 3 is 1.90 bits per heavy atom. The summed E-state index contributed by atoms with van der Waals surface area (Å²) < 4.78 is 74.7. The number of halogens is 4. The van der Waals surface area contributed by atoms with Gasteiger partial charge in [0.05, 0.1) is 29.4 Å². The number of nitrogens with zero attached hydrogens (tertiary/aromatic N) is 2. The molecule has 4 nitrogen and oxygen atoms in total. The maximum Gasteiger partial charge on any atom is 0.123 e. The highest BCUT2D eigenvalue weighted by atomic mass is 32.2. The van der Waals surface area contributed by atoms with Gasteiger partial charge in [-0.2, -0.15) is 11.8 Å². The topological polar surface area (TPSA) is 24.9 Å². The summed E-state index contributed by atoms with van der Waals surface area (Å²) in [5.41, 5.74) is 17.4. The van der Waals surface area contributed by atoms with Crippen molar-refractivity contribution in [2.45, 2.75) is 155 Å². The molecule has 0 N–H and O–H groups in total. The third-order valence-corrected chi connectivity index (χ3v) is 29.0. The van der Waals surface area contributed by atoms with Crippen molar-refractivity contribution in [3.8, 4) is 11.1 Å². The van der Waals surface area contributed by atoms with Crippen LogP contribution in [0, 0.1) is 64.9 Å². The van der Waals surface area contributed by atoms with Crippen molar-refractivity contribution < 1.29 is 27.0 Å². The standard InChI is InChI=1S/C98H94F4N2O2S/c1-3-61-13-43-81(44-14-61)105-83-47-23-69(24-48-83)97(67-19-27-71(99)28-20-67)91-11-7-5-9-85(91)87-51-41-79(59-93(87)97)103(75-37-31-73(101)32-38-75)77-35-17-63-57-95-89(55-65(63)53-77)90-56-66-54-78(36-18-64(66)58-96(90)107-95)104(76-39-33-74(102)34-40-76)80-42-52-88-86-10-6-8-12-92(86)98(94(88)60-80,68-21-29-72(100)30-22-68)70-25-49-84(50-26-70)106-82-45-15-62(4-2)16-46-82/h3-13,17-19,21-25,27-31,33-43,47,49,51-54,59,62-67,70,73,80,82-84,89-90,95-96H,1-2,14-16,20,26,32,44-46,48,50,55-58,60H2. The summed E-state index contributed by atoms with van der Waals surface area (Å²) in [4.78, 5) is 4.90. The van der Waals surface area contributed by atoms with Crippen LogP contribution in [-0.4, -0.2) is 41.0 Å². The van der Waals surface area contributed by atoms with Crippen LogP contribution in [0.2, 0.25) is 0 Å². The lowest BCUT2D eigenvalue weighted by atomic mass is 9.59. The number of anilines is 2. The summed E-state index contributed by atoms with van der Waals surface area (Å²) in [6.45, 7) is 8.07. The van der Waals surface area contributed by atoms with Crippen LogP contribution < -0.4 is 9.80 Å². The molecule has 13 aliphatic carbocycles. The van der Waals surface area contributed by atoms with E-state index in [2.05, 4.69) is 211 Å². The number of allylic oxidation sites excluding steroid dienone is 24. The van der Waals surface area contributed by atoms with Crippen LogP contribution in [-0.2, 0) is 20.3 Å². The van der Waals surface area contributed by atoms with Gasteiger partial charge in [-0.15, -0.1) is 6.58 Å². The molecule has 542 valence electrons. The number of fused-ring (bicyclic) bond motifs is 10. The van der Waals surface area contributed by atoms with Gasteiger partial charge in [0.15, 0.2) is 0 Å². The Balaban J connectivity index is 0.620. The molecule has 1 heterocycles. The van der Waals surface area contributed by atoms with Gasteiger partial charge >= 0.3 is 0 Å². The molecule has 14 aliphatic rings. The van der Waals surface area contributed by atoms with Crippen LogP contribution in [0.3, 0.4) is 0 Å². The lowest BCUT2D eigenvalue weighted by molar-refractivity contribution is -0.0202.